The van der Waals surface area contributed by atoms with Crippen LogP contribution in [0.4, 0.5) is 0 Å². The summed E-state index contributed by atoms with van der Waals surface area (Å²) in [6.07, 6.45) is 6.19. The van der Waals surface area contributed by atoms with Crippen molar-refractivity contribution in [1.29, 1.82) is 0 Å². The molecular formula is C17H27NO. The molecule has 106 valence electrons. The average Bonchev–Trinajstić information content (AvgIpc) is 2.46. The molecule has 1 aromatic carbocycles. The minimum absolute atomic E-state index is 0.122. The lowest BCUT2D eigenvalue weighted by molar-refractivity contribution is 0.0789. The third-order valence-electron chi connectivity index (χ3n) is 4.61. The highest BCUT2D eigenvalue weighted by atomic mass is 16.3. The Kier molecular flexibility index (Phi) is 5.00. The summed E-state index contributed by atoms with van der Waals surface area (Å²) < 4.78 is 0. The SMILES string of the molecule is Cc1ccc([C@@H](C)NCC2(CO)CCCCC2)cc1. The molecule has 0 aromatic heterocycles. The molecule has 0 unspecified atom stereocenters. The number of hydrogen-bond acceptors (Lipinski definition) is 2. The van der Waals surface area contributed by atoms with Gasteiger partial charge in [0.1, 0.15) is 0 Å². The number of nitrogens with one attached hydrogen (secondary N) is 1. The molecule has 0 bridgehead atoms. The molecule has 1 aromatic rings. The Hall–Kier alpha value is -0.860. The zero-order valence-corrected chi connectivity index (χ0v) is 12.3. The Balaban J connectivity index is 1.91. The van der Waals surface area contributed by atoms with Gasteiger partial charge in [0.15, 0.2) is 0 Å². The Labute approximate surface area is 117 Å². The maximum absolute atomic E-state index is 9.72. The van der Waals surface area contributed by atoms with E-state index in [1.807, 2.05) is 0 Å². The van der Waals surface area contributed by atoms with Gasteiger partial charge < -0.3 is 10.4 Å². The van der Waals surface area contributed by atoms with Crippen molar-refractivity contribution in [3.8, 4) is 0 Å². The van der Waals surface area contributed by atoms with Crippen LogP contribution in [-0.2, 0) is 0 Å². The molecule has 2 rings (SSSR count). The summed E-state index contributed by atoms with van der Waals surface area (Å²) in [5, 5.41) is 13.3. The molecule has 2 heteroatoms. The molecule has 0 spiro atoms. The lowest BCUT2D eigenvalue weighted by atomic mass is 9.74. The van der Waals surface area contributed by atoms with Crippen LogP contribution in [0, 0.1) is 12.3 Å². The van der Waals surface area contributed by atoms with Crippen LogP contribution in [0.1, 0.15) is 56.2 Å². The van der Waals surface area contributed by atoms with Crippen molar-refractivity contribution >= 4 is 0 Å². The minimum Gasteiger partial charge on any atom is -0.396 e. The molecule has 2 N–H and O–H groups in total. The Morgan fingerprint density at radius 3 is 2.37 bits per heavy atom. The Morgan fingerprint density at radius 1 is 1.16 bits per heavy atom. The molecule has 0 heterocycles. The van der Waals surface area contributed by atoms with Crippen LogP contribution in [0.2, 0.25) is 0 Å². The lowest BCUT2D eigenvalue weighted by Crippen LogP contribution is -2.39. The summed E-state index contributed by atoms with van der Waals surface area (Å²) >= 11 is 0. The van der Waals surface area contributed by atoms with E-state index in [4.69, 9.17) is 0 Å². The van der Waals surface area contributed by atoms with Gasteiger partial charge in [-0.1, -0.05) is 49.1 Å². The first-order chi connectivity index (χ1) is 9.15. The molecule has 19 heavy (non-hydrogen) atoms. The molecule has 0 saturated heterocycles. The van der Waals surface area contributed by atoms with Crippen LogP contribution < -0.4 is 5.32 Å². The second kappa shape index (κ2) is 6.53. The van der Waals surface area contributed by atoms with Crippen molar-refractivity contribution in [2.75, 3.05) is 13.2 Å². The van der Waals surface area contributed by atoms with Crippen molar-refractivity contribution in [1.82, 2.24) is 5.32 Å². The summed E-state index contributed by atoms with van der Waals surface area (Å²) in [7, 11) is 0. The van der Waals surface area contributed by atoms with Crippen molar-refractivity contribution in [3.05, 3.63) is 35.4 Å². The van der Waals surface area contributed by atoms with E-state index < -0.39 is 0 Å². The van der Waals surface area contributed by atoms with Crippen LogP contribution in [-0.4, -0.2) is 18.3 Å². The van der Waals surface area contributed by atoms with Gasteiger partial charge in [-0.15, -0.1) is 0 Å². The van der Waals surface area contributed by atoms with Gasteiger partial charge in [0.05, 0.1) is 0 Å². The van der Waals surface area contributed by atoms with Gasteiger partial charge in [-0.3, -0.25) is 0 Å². The Morgan fingerprint density at radius 2 is 1.79 bits per heavy atom. The van der Waals surface area contributed by atoms with Crippen LogP contribution >= 0.6 is 0 Å². The van der Waals surface area contributed by atoms with Gasteiger partial charge in [0, 0.05) is 24.6 Å². The largest absolute Gasteiger partial charge is 0.396 e. The number of aliphatic hydroxyl groups is 1. The van der Waals surface area contributed by atoms with Crippen molar-refractivity contribution in [3.63, 3.8) is 0 Å². The van der Waals surface area contributed by atoms with E-state index >= 15 is 0 Å². The summed E-state index contributed by atoms with van der Waals surface area (Å²) in [5.41, 5.74) is 2.75. The molecular weight excluding hydrogens is 234 g/mol. The van der Waals surface area contributed by atoms with Crippen LogP contribution in [0.25, 0.3) is 0 Å². The van der Waals surface area contributed by atoms with E-state index in [0.29, 0.717) is 12.6 Å². The first kappa shape index (κ1) is 14.5. The monoisotopic (exact) mass is 261 g/mol. The van der Waals surface area contributed by atoms with Crippen molar-refractivity contribution in [2.24, 2.45) is 5.41 Å². The number of aryl methyl sites for hydroxylation is 1. The maximum atomic E-state index is 9.72. The third kappa shape index (κ3) is 3.80. The second-order valence-electron chi connectivity index (χ2n) is 6.23. The van der Waals surface area contributed by atoms with E-state index in [0.717, 1.165) is 19.4 Å². The van der Waals surface area contributed by atoms with Gasteiger partial charge in [-0.2, -0.15) is 0 Å². The van der Waals surface area contributed by atoms with E-state index in [-0.39, 0.29) is 5.41 Å². The Bertz CT molecular complexity index is 379. The van der Waals surface area contributed by atoms with Crippen LogP contribution in [0.5, 0.6) is 0 Å². The van der Waals surface area contributed by atoms with Gasteiger partial charge in [-0.05, 0) is 32.3 Å². The number of aliphatic hydroxyl groups excluding tert-OH is 1. The zero-order chi connectivity index (χ0) is 13.7. The van der Waals surface area contributed by atoms with E-state index in [1.54, 1.807) is 0 Å². The fraction of sp³-hybridized carbons (Fsp3) is 0.647. The molecule has 2 nitrogen and oxygen atoms in total. The van der Waals surface area contributed by atoms with Gasteiger partial charge in [0.2, 0.25) is 0 Å². The smallest absolute Gasteiger partial charge is 0.0499 e. The number of hydrogen-bond donors (Lipinski definition) is 2. The standard InChI is InChI=1S/C17H27NO/c1-14-6-8-16(9-7-14)15(2)18-12-17(13-19)10-4-3-5-11-17/h6-9,15,18-19H,3-5,10-13H2,1-2H3/t15-/m1/s1. The minimum atomic E-state index is 0.122. The molecule has 1 atom stereocenters. The highest BCUT2D eigenvalue weighted by Gasteiger charge is 2.31. The summed E-state index contributed by atoms with van der Waals surface area (Å²) in [6.45, 7) is 5.57. The predicted octanol–water partition coefficient (Wildman–Crippen LogP) is 3.59. The van der Waals surface area contributed by atoms with Gasteiger partial charge >= 0.3 is 0 Å². The highest BCUT2D eigenvalue weighted by molar-refractivity contribution is 5.23. The maximum Gasteiger partial charge on any atom is 0.0499 e. The van der Waals surface area contributed by atoms with Crippen LogP contribution in [0.15, 0.2) is 24.3 Å². The van der Waals surface area contributed by atoms with Gasteiger partial charge in [-0.25, -0.2) is 0 Å². The molecule has 1 aliphatic rings. The first-order valence-electron chi connectivity index (χ1n) is 7.56. The fourth-order valence-corrected chi connectivity index (χ4v) is 3.04. The molecule has 0 amide bonds. The van der Waals surface area contributed by atoms with E-state index in [2.05, 4.69) is 43.4 Å². The van der Waals surface area contributed by atoms with E-state index in [1.165, 1.54) is 30.4 Å². The number of rotatable bonds is 5. The summed E-state index contributed by atoms with van der Waals surface area (Å²) in [5.74, 6) is 0. The molecule has 1 saturated carbocycles. The average molecular weight is 261 g/mol. The second-order valence-corrected chi connectivity index (χ2v) is 6.23. The fourth-order valence-electron chi connectivity index (χ4n) is 3.04. The lowest BCUT2D eigenvalue weighted by Gasteiger charge is -2.36. The summed E-state index contributed by atoms with van der Waals surface area (Å²) in [4.78, 5) is 0. The van der Waals surface area contributed by atoms with Crippen molar-refractivity contribution in [2.45, 2.75) is 52.0 Å². The zero-order valence-electron chi connectivity index (χ0n) is 12.3. The quantitative estimate of drug-likeness (QED) is 0.849. The van der Waals surface area contributed by atoms with Gasteiger partial charge in [0.25, 0.3) is 0 Å². The highest BCUT2D eigenvalue weighted by Crippen LogP contribution is 2.35. The molecule has 1 aliphatic carbocycles. The predicted molar refractivity (Wildman–Crippen MR) is 80.2 cm³/mol. The topological polar surface area (TPSA) is 32.3 Å². The summed E-state index contributed by atoms with van der Waals surface area (Å²) in [6, 6.07) is 9.07. The van der Waals surface area contributed by atoms with E-state index in [9.17, 15) is 5.11 Å². The number of benzene rings is 1. The normalized spacial score (nSPS) is 20.2. The third-order valence-corrected chi connectivity index (χ3v) is 4.61. The first-order valence-corrected chi connectivity index (χ1v) is 7.56. The molecule has 0 radical (unpaired) electrons. The molecule has 0 aliphatic heterocycles. The van der Waals surface area contributed by atoms with Crippen molar-refractivity contribution < 1.29 is 5.11 Å². The molecule has 1 fully saturated rings. The van der Waals surface area contributed by atoms with Crippen LogP contribution in [0.3, 0.4) is 0 Å².